The molecule has 3 amide bonds. The maximum absolute atomic E-state index is 14.3. The van der Waals surface area contributed by atoms with Crippen LogP contribution in [0.1, 0.15) is 37.6 Å². The Morgan fingerprint density at radius 2 is 1.84 bits per heavy atom. The Morgan fingerprint density at radius 1 is 1.07 bits per heavy atom. The van der Waals surface area contributed by atoms with Gasteiger partial charge in [-0.2, -0.15) is 10.2 Å². The monoisotopic (exact) mass is 581 g/mol. The number of rotatable bonds is 6. The Hall–Kier alpha value is -5.19. The molecular weight excluding hydrogens is 549 g/mol. The largest absolute Gasteiger partial charge is 0.457 e. The Labute approximate surface area is 248 Å². The van der Waals surface area contributed by atoms with Gasteiger partial charge in [-0.1, -0.05) is 38.5 Å². The van der Waals surface area contributed by atoms with Crippen LogP contribution in [0, 0.1) is 12.7 Å². The fraction of sp³-hybridized carbons (Fsp3) is 0.250. The molecule has 2 aromatic heterocycles. The molecule has 220 valence electrons. The number of carbonyl (C=O) groups excluding carboxylic acids is 2. The van der Waals surface area contributed by atoms with E-state index in [0.717, 1.165) is 27.8 Å². The number of amides is 3. The molecule has 0 unspecified atom stereocenters. The molecule has 6 rings (SSSR count). The molecule has 10 nitrogen and oxygen atoms in total. The molecule has 0 saturated heterocycles. The van der Waals surface area contributed by atoms with Crippen LogP contribution in [0.3, 0.4) is 0 Å². The van der Waals surface area contributed by atoms with Crippen LogP contribution < -0.4 is 20.3 Å². The Morgan fingerprint density at radius 3 is 2.58 bits per heavy atom. The number of halogens is 1. The van der Waals surface area contributed by atoms with E-state index >= 15 is 0 Å². The number of benzene rings is 3. The summed E-state index contributed by atoms with van der Waals surface area (Å²) in [6, 6.07) is 16.9. The zero-order chi connectivity index (χ0) is 30.5. The van der Waals surface area contributed by atoms with Crippen molar-refractivity contribution in [2.24, 2.45) is 0 Å². The van der Waals surface area contributed by atoms with Crippen molar-refractivity contribution < 1.29 is 18.7 Å². The molecule has 1 aliphatic rings. The van der Waals surface area contributed by atoms with Gasteiger partial charge < -0.3 is 15.0 Å². The molecular formula is C32H32FN7O3. The highest BCUT2D eigenvalue weighted by atomic mass is 19.1. The maximum Gasteiger partial charge on any atom is 0.320 e. The van der Waals surface area contributed by atoms with Crippen molar-refractivity contribution in [1.82, 2.24) is 24.9 Å². The van der Waals surface area contributed by atoms with Crippen LogP contribution in [0.2, 0.25) is 0 Å². The predicted molar refractivity (Wildman–Crippen MR) is 162 cm³/mol. The number of nitrogens with zero attached hydrogens (tertiary/aromatic N) is 5. The van der Waals surface area contributed by atoms with Crippen molar-refractivity contribution in [2.45, 2.75) is 46.2 Å². The average molecular weight is 582 g/mol. The van der Waals surface area contributed by atoms with Gasteiger partial charge in [-0.3, -0.25) is 14.8 Å². The number of ether oxygens (including phenoxy) is 1. The summed E-state index contributed by atoms with van der Waals surface area (Å²) in [6.07, 6.45) is 1.68. The van der Waals surface area contributed by atoms with E-state index in [1.807, 2.05) is 43.3 Å². The molecule has 0 saturated carbocycles. The summed E-state index contributed by atoms with van der Waals surface area (Å²) in [5, 5.41) is 15.6. The highest BCUT2D eigenvalue weighted by molar-refractivity contribution is 6.05. The third-order valence-corrected chi connectivity index (χ3v) is 7.40. The zero-order valence-corrected chi connectivity index (χ0v) is 24.6. The standard InChI is InChI=1S/C32H32FN7O3/c1-19-6-9-23(10-7-19)40-28(15-27(37-40)32(2,3)4)36-31(42)34-16-20-12-22(33)8-11-26(20)43-24-13-21-17-35-39-18-29(41)38(5)25(14-24)30(21)39/h6-15,17H,16,18H2,1-5H3,(H2,34,36,42). The second-order valence-electron chi connectivity index (χ2n) is 11.7. The number of hydrogen-bond acceptors (Lipinski definition) is 5. The molecule has 0 fully saturated rings. The molecule has 3 heterocycles. The van der Waals surface area contributed by atoms with Gasteiger partial charge in [0.05, 0.1) is 28.8 Å². The molecule has 2 N–H and O–H groups in total. The molecule has 1 aliphatic heterocycles. The van der Waals surface area contributed by atoms with Crippen molar-refractivity contribution in [2.75, 3.05) is 17.3 Å². The summed E-state index contributed by atoms with van der Waals surface area (Å²) in [5.41, 5.74) is 4.45. The second kappa shape index (κ2) is 10.6. The SMILES string of the molecule is Cc1ccc(-n2nc(C(C)(C)C)cc2NC(=O)NCc2cc(F)ccc2Oc2cc3c4c(cnn4CC(=O)N3C)c2)cc1. The van der Waals surface area contributed by atoms with Crippen molar-refractivity contribution in [3.8, 4) is 17.2 Å². The van der Waals surface area contributed by atoms with Crippen LogP contribution in [0.5, 0.6) is 11.5 Å². The molecule has 0 spiro atoms. The first kappa shape index (κ1) is 28.0. The first-order valence-electron chi connectivity index (χ1n) is 13.9. The van der Waals surface area contributed by atoms with Crippen LogP contribution in [-0.2, 0) is 23.3 Å². The Kier molecular flexibility index (Phi) is 6.87. The molecule has 0 aliphatic carbocycles. The maximum atomic E-state index is 14.3. The average Bonchev–Trinajstić information content (AvgIpc) is 3.57. The van der Waals surface area contributed by atoms with E-state index < -0.39 is 11.8 Å². The second-order valence-corrected chi connectivity index (χ2v) is 11.7. The van der Waals surface area contributed by atoms with Crippen LogP contribution >= 0.6 is 0 Å². The van der Waals surface area contributed by atoms with Crippen molar-refractivity contribution in [3.63, 3.8) is 0 Å². The van der Waals surface area contributed by atoms with Crippen LogP contribution in [-0.4, -0.2) is 38.5 Å². The third kappa shape index (κ3) is 5.53. The number of aryl methyl sites for hydroxylation is 1. The fourth-order valence-corrected chi connectivity index (χ4v) is 4.95. The number of nitrogens with one attached hydrogen (secondary N) is 2. The van der Waals surface area contributed by atoms with Gasteiger partial charge in [0.15, 0.2) is 0 Å². The lowest BCUT2D eigenvalue weighted by Crippen LogP contribution is -2.34. The summed E-state index contributed by atoms with van der Waals surface area (Å²) >= 11 is 0. The van der Waals surface area contributed by atoms with E-state index in [9.17, 15) is 14.0 Å². The van der Waals surface area contributed by atoms with Gasteiger partial charge in [-0.05, 0) is 43.3 Å². The molecule has 11 heteroatoms. The normalized spacial score (nSPS) is 13.0. The third-order valence-electron chi connectivity index (χ3n) is 7.40. The Bertz CT molecular complexity index is 1870. The molecule has 3 aromatic carbocycles. The number of aromatic nitrogens is 4. The van der Waals surface area contributed by atoms with Crippen molar-refractivity contribution in [1.29, 1.82) is 0 Å². The number of anilines is 2. The molecule has 5 aromatic rings. The van der Waals surface area contributed by atoms with E-state index in [0.29, 0.717) is 28.6 Å². The lowest BCUT2D eigenvalue weighted by Gasteiger charge is -2.24. The van der Waals surface area contributed by atoms with E-state index in [1.165, 1.54) is 18.2 Å². The summed E-state index contributed by atoms with van der Waals surface area (Å²) in [5.74, 6) is 0.769. The van der Waals surface area contributed by atoms with E-state index in [1.54, 1.807) is 33.6 Å². The van der Waals surface area contributed by atoms with Gasteiger partial charge >= 0.3 is 6.03 Å². The van der Waals surface area contributed by atoms with Gasteiger partial charge in [-0.15, -0.1) is 0 Å². The number of hydrogen-bond donors (Lipinski definition) is 2. The van der Waals surface area contributed by atoms with Gasteiger partial charge in [0, 0.05) is 42.1 Å². The van der Waals surface area contributed by atoms with E-state index in [-0.39, 0.29) is 24.4 Å². The van der Waals surface area contributed by atoms with Gasteiger partial charge in [0.1, 0.15) is 29.7 Å². The lowest BCUT2D eigenvalue weighted by molar-refractivity contribution is -0.119. The molecule has 0 bridgehead atoms. The van der Waals surface area contributed by atoms with E-state index in [2.05, 4.69) is 36.5 Å². The van der Waals surface area contributed by atoms with Gasteiger partial charge in [0.2, 0.25) is 5.91 Å². The highest BCUT2D eigenvalue weighted by Gasteiger charge is 2.25. The first-order valence-corrected chi connectivity index (χ1v) is 13.9. The topological polar surface area (TPSA) is 106 Å². The molecule has 0 atom stereocenters. The number of carbonyl (C=O) groups is 2. The van der Waals surface area contributed by atoms with Gasteiger partial charge in [0.25, 0.3) is 0 Å². The predicted octanol–water partition coefficient (Wildman–Crippen LogP) is 6.06. The first-order chi connectivity index (χ1) is 20.5. The smallest absolute Gasteiger partial charge is 0.320 e. The summed E-state index contributed by atoms with van der Waals surface area (Å²) < 4.78 is 23.9. The minimum atomic E-state index is -0.484. The van der Waals surface area contributed by atoms with E-state index in [4.69, 9.17) is 9.84 Å². The lowest BCUT2D eigenvalue weighted by atomic mass is 9.92. The minimum Gasteiger partial charge on any atom is -0.457 e. The Balaban J connectivity index is 1.22. The minimum absolute atomic E-state index is 0.00482. The van der Waals surface area contributed by atoms with Gasteiger partial charge in [-0.25, -0.2) is 13.9 Å². The molecule has 0 radical (unpaired) electrons. The van der Waals surface area contributed by atoms with Crippen LogP contribution in [0.4, 0.5) is 20.7 Å². The fourth-order valence-electron chi connectivity index (χ4n) is 4.95. The van der Waals surface area contributed by atoms with Crippen LogP contribution in [0.25, 0.3) is 16.6 Å². The summed E-state index contributed by atoms with van der Waals surface area (Å²) in [7, 11) is 1.71. The van der Waals surface area contributed by atoms with Crippen molar-refractivity contribution in [3.05, 3.63) is 89.5 Å². The quantitative estimate of drug-likeness (QED) is 0.254. The summed E-state index contributed by atoms with van der Waals surface area (Å²) in [6.45, 7) is 8.34. The number of likely N-dealkylation sites (N-methyl/N-ethyl adjacent to an activating group) is 1. The van der Waals surface area contributed by atoms with Crippen molar-refractivity contribution >= 4 is 34.3 Å². The zero-order valence-electron chi connectivity index (χ0n) is 24.6. The summed E-state index contributed by atoms with van der Waals surface area (Å²) in [4.78, 5) is 27.1. The molecule has 43 heavy (non-hydrogen) atoms. The van der Waals surface area contributed by atoms with Crippen LogP contribution in [0.15, 0.2) is 66.9 Å². The number of urea groups is 1. The highest BCUT2D eigenvalue weighted by Crippen LogP contribution is 2.37.